The fourth-order valence-corrected chi connectivity index (χ4v) is 10.9. The van der Waals surface area contributed by atoms with Crippen LogP contribution in [0.25, 0.3) is 82.3 Å². The molecule has 1 aliphatic carbocycles. The molecule has 4 heteroatoms. The number of aromatic nitrogens is 2. The van der Waals surface area contributed by atoms with Crippen molar-refractivity contribution in [2.24, 2.45) is 4.99 Å². The number of aliphatic imine (C=N–C) groups is 1. The summed E-state index contributed by atoms with van der Waals surface area (Å²) < 4.78 is 4.93. The third-order valence-corrected chi connectivity index (χ3v) is 13.9. The van der Waals surface area contributed by atoms with Crippen molar-refractivity contribution >= 4 is 65.8 Å². The average Bonchev–Trinajstić information content (AvgIpc) is 3.92. The Bertz CT molecular complexity index is 3690. The van der Waals surface area contributed by atoms with E-state index >= 15 is 0 Å². The highest BCUT2D eigenvalue weighted by atomic mass is 15.4. The van der Waals surface area contributed by atoms with Crippen LogP contribution in [0.5, 0.6) is 0 Å². The van der Waals surface area contributed by atoms with Gasteiger partial charge in [0, 0.05) is 56.5 Å². The van der Waals surface area contributed by atoms with Crippen molar-refractivity contribution in [1.29, 1.82) is 0 Å². The van der Waals surface area contributed by atoms with Gasteiger partial charge in [-0.3, -0.25) is 0 Å². The van der Waals surface area contributed by atoms with Crippen molar-refractivity contribution in [1.82, 2.24) is 9.13 Å². The predicted molar refractivity (Wildman–Crippen MR) is 260 cm³/mol. The molecule has 0 N–H and O–H groups in total. The van der Waals surface area contributed by atoms with E-state index in [1.807, 2.05) is 0 Å². The quantitative estimate of drug-likeness (QED) is 0.174. The van der Waals surface area contributed by atoms with Crippen molar-refractivity contribution in [3.05, 3.63) is 216 Å². The van der Waals surface area contributed by atoms with Crippen LogP contribution in [0.3, 0.4) is 0 Å². The van der Waals surface area contributed by atoms with Gasteiger partial charge in [0.2, 0.25) is 6.29 Å². The minimum Gasteiger partial charge on any atom is -0.335 e. The van der Waals surface area contributed by atoms with E-state index in [1.165, 1.54) is 93.6 Å². The molecule has 1 atom stereocenters. The molecule has 4 nitrogen and oxygen atoms in total. The van der Waals surface area contributed by atoms with Gasteiger partial charge < -0.3 is 14.0 Å². The Balaban J connectivity index is 1.02. The van der Waals surface area contributed by atoms with E-state index in [-0.39, 0.29) is 11.7 Å². The summed E-state index contributed by atoms with van der Waals surface area (Å²) in [5.41, 5.74) is 18.1. The molecule has 11 aromatic rings. The molecule has 2 aromatic heterocycles. The molecular formula is C58H42N4. The van der Waals surface area contributed by atoms with Gasteiger partial charge in [0.15, 0.2) is 0 Å². The number of hydrogen-bond donors (Lipinski definition) is 0. The third-order valence-electron chi connectivity index (χ3n) is 13.9. The molecule has 0 saturated heterocycles. The van der Waals surface area contributed by atoms with Crippen LogP contribution in [0.2, 0.25) is 0 Å². The Kier molecular flexibility index (Phi) is 7.31. The molecule has 0 amide bonds. The van der Waals surface area contributed by atoms with E-state index in [0.717, 1.165) is 22.4 Å². The molecule has 62 heavy (non-hydrogen) atoms. The molecule has 13 rings (SSSR count). The number of para-hydroxylation sites is 2. The summed E-state index contributed by atoms with van der Waals surface area (Å²) in [4.78, 5) is 7.94. The zero-order valence-electron chi connectivity index (χ0n) is 34.8. The monoisotopic (exact) mass is 794 g/mol. The van der Waals surface area contributed by atoms with E-state index < -0.39 is 0 Å². The second-order valence-electron chi connectivity index (χ2n) is 17.6. The van der Waals surface area contributed by atoms with E-state index in [1.54, 1.807) is 0 Å². The second kappa shape index (κ2) is 12.9. The first-order valence-electron chi connectivity index (χ1n) is 21.6. The molecule has 2 aliphatic rings. The van der Waals surface area contributed by atoms with Gasteiger partial charge in [-0.2, -0.15) is 0 Å². The van der Waals surface area contributed by atoms with Crippen molar-refractivity contribution in [2.75, 3.05) is 11.9 Å². The number of nitrogens with zero attached hydrogens (tertiary/aromatic N) is 4. The second-order valence-corrected chi connectivity index (χ2v) is 17.6. The lowest BCUT2D eigenvalue weighted by Crippen LogP contribution is -2.33. The number of benzene rings is 9. The first-order chi connectivity index (χ1) is 30.4. The highest BCUT2D eigenvalue weighted by Crippen LogP contribution is 2.50. The lowest BCUT2D eigenvalue weighted by Gasteiger charge is -2.35. The number of anilines is 1. The first kappa shape index (κ1) is 35.1. The molecule has 1 unspecified atom stereocenters. The fraction of sp³-hybridized carbons (Fsp3) is 0.0862. The average molecular weight is 795 g/mol. The topological polar surface area (TPSA) is 25.5 Å². The van der Waals surface area contributed by atoms with Gasteiger partial charge in [-0.05, 0) is 92.7 Å². The van der Waals surface area contributed by atoms with Crippen LogP contribution in [0.4, 0.5) is 5.69 Å². The molecule has 0 spiro atoms. The van der Waals surface area contributed by atoms with Gasteiger partial charge in [-0.15, -0.1) is 0 Å². The normalized spacial score (nSPS) is 15.4. The standard InChI is InChI=1S/C58H42N4/c1-58(2)48-22-12-9-19-42(48)43-30-28-40(35-49(43)58)61-51-24-14-10-20-44(51)45-29-25-39(34-54(45)61)38-27-31-52-47(33-38)55-41-18-8-7-15-36(41)26-32-53(55)62(52)57-59-56(37-16-5-4-6-17-37)46-21-11-13-23-50(46)60(57)3/h4-35,57H,1-3H3. The van der Waals surface area contributed by atoms with Gasteiger partial charge >= 0.3 is 0 Å². The number of fused-ring (bicyclic) bond motifs is 12. The maximum absolute atomic E-state index is 5.62. The molecule has 3 heterocycles. The maximum atomic E-state index is 5.62. The minimum atomic E-state index is -0.302. The molecule has 294 valence electrons. The lowest BCUT2D eigenvalue weighted by molar-refractivity contribution is 0.540. The summed E-state index contributed by atoms with van der Waals surface area (Å²) in [7, 11) is 2.18. The zero-order valence-corrected chi connectivity index (χ0v) is 34.8. The Labute approximate surface area is 360 Å². The summed E-state index contributed by atoms with van der Waals surface area (Å²) >= 11 is 0. The molecule has 0 saturated carbocycles. The van der Waals surface area contributed by atoms with Crippen LogP contribution >= 0.6 is 0 Å². The SMILES string of the molecule is CN1c2ccccc2C(c2ccccc2)=NC1n1c2ccc(-c3ccc4c5ccccc5n(-c5ccc6c(c5)C(C)(C)c5ccccc5-6)c4c3)cc2c2c3ccccc3ccc21. The summed E-state index contributed by atoms with van der Waals surface area (Å²) in [6.45, 7) is 4.73. The number of rotatable bonds is 4. The van der Waals surface area contributed by atoms with Crippen LogP contribution in [0, 0.1) is 0 Å². The summed E-state index contributed by atoms with van der Waals surface area (Å²) in [6.07, 6.45) is -0.302. The van der Waals surface area contributed by atoms with Crippen LogP contribution in [-0.2, 0) is 5.41 Å². The number of hydrogen-bond acceptors (Lipinski definition) is 2. The van der Waals surface area contributed by atoms with Crippen molar-refractivity contribution in [3.8, 4) is 27.9 Å². The third kappa shape index (κ3) is 4.86. The highest BCUT2D eigenvalue weighted by Gasteiger charge is 2.36. The molecule has 0 radical (unpaired) electrons. The first-order valence-corrected chi connectivity index (χ1v) is 21.6. The van der Waals surface area contributed by atoms with Gasteiger partial charge in [-0.1, -0.05) is 159 Å². The molecule has 9 aromatic carbocycles. The van der Waals surface area contributed by atoms with Crippen molar-refractivity contribution < 1.29 is 0 Å². The van der Waals surface area contributed by atoms with E-state index in [2.05, 4.69) is 229 Å². The van der Waals surface area contributed by atoms with Crippen LogP contribution in [0.15, 0.2) is 199 Å². The Morgan fingerprint density at radius 3 is 2.02 bits per heavy atom. The van der Waals surface area contributed by atoms with Crippen LogP contribution in [0.1, 0.15) is 42.4 Å². The van der Waals surface area contributed by atoms with Gasteiger partial charge in [0.25, 0.3) is 0 Å². The molecular weight excluding hydrogens is 753 g/mol. The van der Waals surface area contributed by atoms with E-state index in [9.17, 15) is 0 Å². The predicted octanol–water partition coefficient (Wildman–Crippen LogP) is 14.5. The van der Waals surface area contributed by atoms with E-state index in [4.69, 9.17) is 4.99 Å². The Morgan fingerprint density at radius 1 is 0.452 bits per heavy atom. The smallest absolute Gasteiger partial charge is 0.203 e. The Hall–Kier alpha value is -7.69. The highest BCUT2D eigenvalue weighted by molar-refractivity contribution is 6.22. The largest absolute Gasteiger partial charge is 0.335 e. The summed E-state index contributed by atoms with van der Waals surface area (Å²) in [5, 5.41) is 7.46. The lowest BCUT2D eigenvalue weighted by atomic mass is 9.82. The summed E-state index contributed by atoms with van der Waals surface area (Å²) in [5.74, 6) is 0. The van der Waals surface area contributed by atoms with Crippen molar-refractivity contribution in [2.45, 2.75) is 25.6 Å². The van der Waals surface area contributed by atoms with Crippen LogP contribution < -0.4 is 4.90 Å². The van der Waals surface area contributed by atoms with E-state index in [0.29, 0.717) is 0 Å². The maximum Gasteiger partial charge on any atom is 0.203 e. The Morgan fingerprint density at radius 2 is 1.13 bits per heavy atom. The summed E-state index contributed by atoms with van der Waals surface area (Å²) in [6, 6.07) is 71.5. The van der Waals surface area contributed by atoms with Crippen molar-refractivity contribution in [3.63, 3.8) is 0 Å². The van der Waals surface area contributed by atoms with Crippen LogP contribution in [-0.4, -0.2) is 21.9 Å². The zero-order chi connectivity index (χ0) is 41.3. The fourth-order valence-electron chi connectivity index (χ4n) is 10.9. The molecule has 0 fully saturated rings. The molecule has 0 bridgehead atoms. The van der Waals surface area contributed by atoms with Gasteiger partial charge in [0.1, 0.15) is 0 Å². The van der Waals surface area contributed by atoms with Gasteiger partial charge in [0.05, 0.1) is 27.8 Å². The van der Waals surface area contributed by atoms with Gasteiger partial charge in [-0.25, -0.2) is 4.99 Å². The molecule has 1 aliphatic heterocycles. The minimum absolute atomic E-state index is 0.0884.